The number of para-hydroxylation sites is 1. The van der Waals surface area contributed by atoms with Gasteiger partial charge in [-0.25, -0.2) is 19.1 Å². The number of nitrogens with zero attached hydrogens (tertiary/aromatic N) is 3. The van der Waals surface area contributed by atoms with Crippen molar-refractivity contribution in [3.8, 4) is 16.5 Å². The molecule has 15 heteroatoms. The van der Waals surface area contributed by atoms with Crippen molar-refractivity contribution in [1.29, 1.82) is 0 Å². The highest BCUT2D eigenvalue weighted by atomic mass is 32.1. The van der Waals surface area contributed by atoms with E-state index in [1.54, 1.807) is 19.1 Å². The molecule has 2 aliphatic carbocycles. The average Bonchev–Trinajstić information content (AvgIpc) is 3.73. The normalized spacial score (nSPS) is 23.7. The van der Waals surface area contributed by atoms with Crippen LogP contribution in [-0.2, 0) is 21.6 Å². The Morgan fingerprint density at radius 2 is 2.00 bits per heavy atom. The number of aliphatic hydroxyl groups is 1. The molecule has 6 rings (SSSR count). The maximum atomic E-state index is 14.3. The Hall–Kier alpha value is -3.92. The average molecular weight is 661 g/mol. The van der Waals surface area contributed by atoms with Gasteiger partial charge in [-0.05, 0) is 64.0 Å². The maximum Gasteiger partial charge on any atom is 0.387 e. The third kappa shape index (κ3) is 5.44. The van der Waals surface area contributed by atoms with Gasteiger partial charge in [0.2, 0.25) is 5.89 Å². The van der Waals surface area contributed by atoms with Gasteiger partial charge in [0.15, 0.2) is 0 Å². The number of thiophene rings is 1. The van der Waals surface area contributed by atoms with E-state index in [0.29, 0.717) is 40.7 Å². The molecule has 0 spiro atoms. The minimum absolute atomic E-state index is 0.0169. The number of aliphatic hydroxyl groups excluding tert-OH is 1. The number of carbonyl (C=O) groups is 1. The van der Waals surface area contributed by atoms with Crippen molar-refractivity contribution < 1.29 is 37.7 Å². The van der Waals surface area contributed by atoms with Gasteiger partial charge in [-0.15, -0.1) is 11.3 Å². The molecule has 12 nitrogen and oxygen atoms in total. The summed E-state index contributed by atoms with van der Waals surface area (Å²) >= 11 is 1.06. The summed E-state index contributed by atoms with van der Waals surface area (Å²) in [6, 6.07) is 6.07. The summed E-state index contributed by atoms with van der Waals surface area (Å²) in [6.45, 7) is 0.714. The predicted molar refractivity (Wildman–Crippen MR) is 163 cm³/mol. The van der Waals surface area contributed by atoms with Gasteiger partial charge in [0.05, 0.1) is 35.2 Å². The Morgan fingerprint density at radius 3 is 2.65 bits per heavy atom. The van der Waals surface area contributed by atoms with E-state index in [9.17, 15) is 33.4 Å². The molecule has 0 amide bonds. The van der Waals surface area contributed by atoms with Crippen LogP contribution in [0.3, 0.4) is 0 Å². The summed E-state index contributed by atoms with van der Waals surface area (Å²) in [5.74, 6) is -1.38. The monoisotopic (exact) mass is 660 g/mol. The molecule has 246 valence electrons. The number of hydrogen-bond acceptors (Lipinski definition) is 10. The van der Waals surface area contributed by atoms with E-state index in [1.165, 1.54) is 43.0 Å². The quantitative estimate of drug-likeness (QED) is 0.226. The fourth-order valence-electron chi connectivity index (χ4n) is 6.96. The van der Waals surface area contributed by atoms with Crippen LogP contribution in [0.15, 0.2) is 50.7 Å². The zero-order valence-electron chi connectivity index (χ0n) is 25.3. The first-order chi connectivity index (χ1) is 21.7. The molecule has 0 bridgehead atoms. The van der Waals surface area contributed by atoms with Gasteiger partial charge in [-0.2, -0.15) is 8.78 Å². The van der Waals surface area contributed by atoms with Gasteiger partial charge < -0.3 is 29.8 Å². The highest BCUT2D eigenvalue weighted by Gasteiger charge is 2.51. The van der Waals surface area contributed by atoms with Gasteiger partial charge in [-0.1, -0.05) is 18.2 Å². The number of ether oxygens (including phenoxy) is 2. The van der Waals surface area contributed by atoms with Gasteiger partial charge in [-0.3, -0.25) is 9.36 Å². The second-order valence-electron chi connectivity index (χ2n) is 12.6. The summed E-state index contributed by atoms with van der Waals surface area (Å²) in [4.78, 5) is 45.4. The first kappa shape index (κ1) is 32.0. The van der Waals surface area contributed by atoms with E-state index in [0.717, 1.165) is 11.3 Å². The third-order valence-electron chi connectivity index (χ3n) is 9.25. The maximum absolute atomic E-state index is 14.3. The molecule has 1 aromatic carbocycles. The summed E-state index contributed by atoms with van der Waals surface area (Å²) in [7, 11) is 0. The Bertz CT molecular complexity index is 1900. The topological polar surface area (TPSA) is 172 Å². The first-order valence-electron chi connectivity index (χ1n) is 14.8. The van der Waals surface area contributed by atoms with Crippen LogP contribution in [0.4, 0.5) is 8.78 Å². The fourth-order valence-corrected chi connectivity index (χ4v) is 8.20. The van der Waals surface area contributed by atoms with E-state index in [-0.39, 0.29) is 39.9 Å². The Balaban J connectivity index is 1.53. The number of carboxylic acid groups (broad SMARTS) is 1. The Morgan fingerprint density at radius 1 is 1.26 bits per heavy atom. The van der Waals surface area contributed by atoms with E-state index < -0.39 is 53.2 Å². The van der Waals surface area contributed by atoms with Crippen LogP contribution in [0.25, 0.3) is 21.0 Å². The van der Waals surface area contributed by atoms with Crippen molar-refractivity contribution in [2.45, 2.75) is 89.0 Å². The summed E-state index contributed by atoms with van der Waals surface area (Å²) in [6.07, 6.45) is 2.57. The first-order valence-corrected chi connectivity index (χ1v) is 15.6. The number of oxazole rings is 1. The van der Waals surface area contributed by atoms with Crippen LogP contribution in [0, 0.1) is 12.8 Å². The van der Waals surface area contributed by atoms with Crippen LogP contribution in [-0.4, -0.2) is 54.7 Å². The highest BCUT2D eigenvalue weighted by molar-refractivity contribution is 7.22. The lowest BCUT2D eigenvalue weighted by molar-refractivity contribution is -0.146. The third-order valence-corrected chi connectivity index (χ3v) is 10.6. The number of benzene rings is 1. The Kier molecular flexibility index (Phi) is 8.15. The largest absolute Gasteiger partial charge is 0.480 e. The molecule has 2 aliphatic rings. The van der Waals surface area contributed by atoms with E-state index in [4.69, 9.17) is 19.6 Å². The second kappa shape index (κ2) is 11.7. The summed E-state index contributed by atoms with van der Waals surface area (Å²) < 4.78 is 45.9. The molecule has 0 saturated heterocycles. The Labute approximate surface area is 265 Å². The molecule has 5 atom stereocenters. The van der Waals surface area contributed by atoms with Crippen LogP contribution in [0.5, 0.6) is 5.75 Å². The molecular formula is C31H34F2N4O8S. The number of fused-ring (bicyclic) bond motifs is 2. The SMILES string of the molecule is Cc1c(-c2ncco2)sc2c1c(=O)n(C(C)(C)C(=O)O)c(=O)n2CC(O[C@H]1CC2C[C@@H](O)C[C@@]2(N)C1)c1ccccc1OC(F)F. The van der Waals surface area contributed by atoms with Gasteiger partial charge in [0, 0.05) is 11.1 Å². The predicted octanol–water partition coefficient (Wildman–Crippen LogP) is 4.00. The lowest BCUT2D eigenvalue weighted by Crippen LogP contribution is -2.52. The van der Waals surface area contributed by atoms with Crippen LogP contribution >= 0.6 is 11.3 Å². The fraction of sp³-hybridized carbons (Fsp3) is 0.484. The molecule has 3 heterocycles. The van der Waals surface area contributed by atoms with Gasteiger partial charge in [0.25, 0.3) is 5.56 Å². The minimum Gasteiger partial charge on any atom is -0.480 e. The molecule has 4 aromatic rings. The van der Waals surface area contributed by atoms with Crippen LogP contribution in [0.2, 0.25) is 0 Å². The molecule has 3 aromatic heterocycles. The number of aliphatic carboxylic acids is 1. The molecule has 4 N–H and O–H groups in total. The number of carboxylic acids is 1. The molecular weight excluding hydrogens is 626 g/mol. The minimum atomic E-state index is -3.14. The van der Waals surface area contributed by atoms with Crippen molar-refractivity contribution in [3.63, 3.8) is 0 Å². The summed E-state index contributed by atoms with van der Waals surface area (Å²) in [5.41, 5.74) is 2.97. The zero-order chi connectivity index (χ0) is 33.1. The molecule has 46 heavy (non-hydrogen) atoms. The number of halogens is 2. The molecule has 2 fully saturated rings. The van der Waals surface area contributed by atoms with Crippen LogP contribution in [0.1, 0.15) is 56.8 Å². The number of aromatic nitrogens is 3. The van der Waals surface area contributed by atoms with Crippen LogP contribution < -0.4 is 21.7 Å². The van der Waals surface area contributed by atoms with Gasteiger partial charge >= 0.3 is 18.3 Å². The number of hydrogen-bond donors (Lipinski definition) is 3. The van der Waals surface area contributed by atoms with E-state index >= 15 is 0 Å². The van der Waals surface area contributed by atoms with Crippen molar-refractivity contribution in [1.82, 2.24) is 14.1 Å². The van der Waals surface area contributed by atoms with Crippen molar-refractivity contribution >= 4 is 27.5 Å². The molecule has 2 unspecified atom stereocenters. The highest BCUT2D eigenvalue weighted by Crippen LogP contribution is 2.48. The molecule has 0 radical (unpaired) electrons. The lowest BCUT2D eigenvalue weighted by Gasteiger charge is -2.28. The van der Waals surface area contributed by atoms with E-state index in [2.05, 4.69) is 4.98 Å². The molecule has 0 aliphatic heterocycles. The van der Waals surface area contributed by atoms with Crippen molar-refractivity contribution in [3.05, 3.63) is 68.7 Å². The number of alkyl halides is 2. The number of nitrogens with two attached hydrogens (primary N) is 1. The second-order valence-corrected chi connectivity index (χ2v) is 13.6. The zero-order valence-corrected chi connectivity index (χ0v) is 26.1. The van der Waals surface area contributed by atoms with Gasteiger partial charge in [0.1, 0.15) is 28.5 Å². The number of rotatable bonds is 10. The lowest BCUT2D eigenvalue weighted by atomic mass is 9.92. The summed E-state index contributed by atoms with van der Waals surface area (Å²) in [5, 5.41) is 20.4. The van der Waals surface area contributed by atoms with E-state index in [1.807, 2.05) is 0 Å². The number of aryl methyl sites for hydroxylation is 1. The standard InChI is InChI=1S/C31H34F2N4O8S/c1-15-22-25(39)37(30(2,3)27(40)41)29(42)36(26(22)46-23(15)24-35-8-9-43-24)14-21(19-6-4-5-7-20(19)45-28(32)33)44-18-11-16-10-17(38)12-31(16,34)13-18/h4-9,16-18,21,28,38H,10-14,34H2,1-3H3,(H,40,41)/t16?,17-,18+,21?,31-/m1/s1. The smallest absolute Gasteiger partial charge is 0.387 e. The molecule has 2 saturated carbocycles. The van der Waals surface area contributed by atoms with Crippen molar-refractivity contribution in [2.24, 2.45) is 11.7 Å². The van der Waals surface area contributed by atoms with Crippen molar-refractivity contribution in [2.75, 3.05) is 0 Å².